The average molecular weight is 305 g/mol. The van der Waals surface area contributed by atoms with Crippen molar-refractivity contribution in [3.63, 3.8) is 0 Å². The molecule has 23 heavy (non-hydrogen) atoms. The number of methoxy groups -OCH3 is 1. The van der Waals surface area contributed by atoms with Crippen molar-refractivity contribution in [1.29, 1.82) is 0 Å². The number of aryl methyl sites for hydroxylation is 1. The van der Waals surface area contributed by atoms with Crippen LogP contribution < -0.4 is 0 Å². The second-order valence-electron chi connectivity index (χ2n) is 6.33. The van der Waals surface area contributed by atoms with Crippen LogP contribution in [0.3, 0.4) is 0 Å². The Morgan fingerprint density at radius 3 is 3.04 bits per heavy atom. The standard InChI is InChI=1S/C20H19NO2/c1-23-20(22)17-8-9-21-19-12-13(11-18(17)19)10-15-7-6-14-4-2-3-5-16(14)15/h2-5,8-9,12,15H,6-7,10-11H2,1H3. The van der Waals surface area contributed by atoms with Crippen LogP contribution in [0.2, 0.25) is 0 Å². The van der Waals surface area contributed by atoms with Gasteiger partial charge in [-0.05, 0) is 60.4 Å². The van der Waals surface area contributed by atoms with Crippen LogP contribution in [-0.4, -0.2) is 18.1 Å². The van der Waals surface area contributed by atoms with Gasteiger partial charge in [0.2, 0.25) is 0 Å². The molecule has 0 radical (unpaired) electrons. The first-order valence-electron chi connectivity index (χ1n) is 8.09. The molecule has 1 heterocycles. The Morgan fingerprint density at radius 1 is 1.30 bits per heavy atom. The van der Waals surface area contributed by atoms with Gasteiger partial charge in [0.1, 0.15) is 0 Å². The number of carbonyl (C=O) groups is 1. The molecule has 2 aliphatic rings. The summed E-state index contributed by atoms with van der Waals surface area (Å²) < 4.78 is 4.89. The van der Waals surface area contributed by atoms with E-state index in [-0.39, 0.29) is 5.97 Å². The summed E-state index contributed by atoms with van der Waals surface area (Å²) >= 11 is 0. The zero-order valence-electron chi connectivity index (χ0n) is 13.2. The number of esters is 1. The highest BCUT2D eigenvalue weighted by Gasteiger charge is 2.26. The molecule has 0 saturated carbocycles. The molecule has 2 aromatic rings. The summed E-state index contributed by atoms with van der Waals surface area (Å²) in [4.78, 5) is 16.3. The predicted octanol–water partition coefficient (Wildman–Crippen LogP) is 3.93. The van der Waals surface area contributed by atoms with Crippen LogP contribution in [0.1, 0.15) is 51.5 Å². The molecule has 0 spiro atoms. The van der Waals surface area contributed by atoms with E-state index in [0.29, 0.717) is 11.5 Å². The first-order chi connectivity index (χ1) is 11.3. The first-order valence-corrected chi connectivity index (χ1v) is 8.09. The van der Waals surface area contributed by atoms with Gasteiger partial charge >= 0.3 is 5.97 Å². The smallest absolute Gasteiger partial charge is 0.338 e. The normalized spacial score (nSPS) is 18.3. The number of fused-ring (bicyclic) bond motifs is 2. The first kappa shape index (κ1) is 14.2. The molecule has 0 bridgehead atoms. The van der Waals surface area contributed by atoms with Gasteiger partial charge in [-0.2, -0.15) is 0 Å². The van der Waals surface area contributed by atoms with E-state index in [1.54, 1.807) is 12.3 Å². The molecule has 0 saturated heterocycles. The molecular weight excluding hydrogens is 286 g/mol. The minimum absolute atomic E-state index is 0.274. The Hall–Kier alpha value is -2.42. The highest BCUT2D eigenvalue weighted by atomic mass is 16.5. The molecule has 1 aromatic carbocycles. The molecule has 0 amide bonds. The second kappa shape index (κ2) is 5.65. The van der Waals surface area contributed by atoms with Crippen LogP contribution in [0, 0.1) is 0 Å². The fraction of sp³-hybridized carbons (Fsp3) is 0.300. The molecule has 4 rings (SSSR count). The van der Waals surface area contributed by atoms with E-state index in [1.807, 2.05) is 0 Å². The van der Waals surface area contributed by atoms with Gasteiger partial charge in [0.05, 0.1) is 18.4 Å². The minimum Gasteiger partial charge on any atom is -0.465 e. The number of hydrogen-bond acceptors (Lipinski definition) is 3. The number of carbonyl (C=O) groups excluding carboxylic acids is 1. The lowest BCUT2D eigenvalue weighted by atomic mass is 9.92. The molecule has 3 nitrogen and oxygen atoms in total. The Balaban J connectivity index is 1.56. The van der Waals surface area contributed by atoms with Crippen molar-refractivity contribution >= 4 is 12.0 Å². The van der Waals surface area contributed by atoms with Gasteiger partial charge < -0.3 is 4.74 Å². The maximum Gasteiger partial charge on any atom is 0.338 e. The van der Waals surface area contributed by atoms with E-state index in [1.165, 1.54) is 36.7 Å². The molecule has 3 heteroatoms. The summed E-state index contributed by atoms with van der Waals surface area (Å²) in [5, 5.41) is 0. The highest BCUT2D eigenvalue weighted by molar-refractivity contribution is 5.92. The monoisotopic (exact) mass is 305 g/mol. The molecule has 1 unspecified atom stereocenters. The Morgan fingerprint density at radius 2 is 2.17 bits per heavy atom. The minimum atomic E-state index is -0.274. The van der Waals surface area contributed by atoms with Crippen molar-refractivity contribution in [3.8, 4) is 0 Å². The van der Waals surface area contributed by atoms with Crippen LogP contribution in [-0.2, 0) is 17.6 Å². The SMILES string of the molecule is COC(=O)c1ccnc2c1CC(CC1CCc3ccccc31)=C2. The Kier molecular flexibility index (Phi) is 3.49. The summed E-state index contributed by atoms with van der Waals surface area (Å²) in [7, 11) is 1.42. The lowest BCUT2D eigenvalue weighted by molar-refractivity contribution is 0.0599. The van der Waals surface area contributed by atoms with Gasteiger partial charge in [-0.3, -0.25) is 4.98 Å². The fourth-order valence-electron chi connectivity index (χ4n) is 3.90. The summed E-state index contributed by atoms with van der Waals surface area (Å²) in [6.07, 6.45) is 8.09. The third-order valence-corrected chi connectivity index (χ3v) is 5.00. The van der Waals surface area contributed by atoms with Crippen molar-refractivity contribution in [2.24, 2.45) is 0 Å². The average Bonchev–Trinajstić information content (AvgIpc) is 3.18. The van der Waals surface area contributed by atoms with E-state index in [2.05, 4.69) is 35.3 Å². The van der Waals surface area contributed by atoms with Gasteiger partial charge in [-0.1, -0.05) is 29.8 Å². The number of hydrogen-bond donors (Lipinski definition) is 0. The van der Waals surface area contributed by atoms with Gasteiger partial charge in [0.15, 0.2) is 0 Å². The van der Waals surface area contributed by atoms with Crippen molar-refractivity contribution in [1.82, 2.24) is 4.98 Å². The number of aromatic nitrogens is 1. The van der Waals surface area contributed by atoms with Crippen molar-refractivity contribution < 1.29 is 9.53 Å². The molecule has 1 atom stereocenters. The number of nitrogens with zero attached hydrogens (tertiary/aromatic N) is 1. The topological polar surface area (TPSA) is 39.2 Å². The number of allylic oxidation sites excluding steroid dienone is 1. The highest BCUT2D eigenvalue weighted by Crippen LogP contribution is 2.40. The van der Waals surface area contributed by atoms with Crippen molar-refractivity contribution in [2.75, 3.05) is 7.11 Å². The van der Waals surface area contributed by atoms with Crippen LogP contribution in [0.25, 0.3) is 6.08 Å². The molecule has 2 aliphatic carbocycles. The molecule has 0 N–H and O–H groups in total. The fourth-order valence-corrected chi connectivity index (χ4v) is 3.90. The van der Waals surface area contributed by atoms with Crippen LogP contribution in [0.4, 0.5) is 0 Å². The molecule has 0 aliphatic heterocycles. The number of rotatable bonds is 3. The summed E-state index contributed by atoms with van der Waals surface area (Å²) in [6.45, 7) is 0. The largest absolute Gasteiger partial charge is 0.465 e. The summed E-state index contributed by atoms with van der Waals surface area (Å²) in [6, 6.07) is 10.5. The molecular formula is C20H19NO2. The van der Waals surface area contributed by atoms with Gasteiger partial charge in [0, 0.05) is 6.20 Å². The van der Waals surface area contributed by atoms with Gasteiger partial charge in [-0.15, -0.1) is 0 Å². The maximum atomic E-state index is 11.9. The van der Waals surface area contributed by atoms with E-state index in [4.69, 9.17) is 4.74 Å². The van der Waals surface area contributed by atoms with Crippen molar-refractivity contribution in [2.45, 2.75) is 31.6 Å². The number of pyridine rings is 1. The summed E-state index contributed by atoms with van der Waals surface area (Å²) in [5.41, 5.74) is 6.93. The maximum absolute atomic E-state index is 11.9. The Bertz CT molecular complexity index is 807. The van der Waals surface area contributed by atoms with Crippen molar-refractivity contribution in [3.05, 3.63) is 70.0 Å². The van der Waals surface area contributed by atoms with Crippen LogP contribution in [0.15, 0.2) is 42.1 Å². The molecule has 1 aromatic heterocycles. The van der Waals surface area contributed by atoms with E-state index in [9.17, 15) is 4.79 Å². The van der Waals surface area contributed by atoms with E-state index in [0.717, 1.165) is 24.1 Å². The number of ether oxygens (including phenoxy) is 1. The van der Waals surface area contributed by atoms with Gasteiger partial charge in [0.25, 0.3) is 0 Å². The van der Waals surface area contributed by atoms with Gasteiger partial charge in [-0.25, -0.2) is 4.79 Å². The molecule has 116 valence electrons. The van der Waals surface area contributed by atoms with E-state index < -0.39 is 0 Å². The lowest BCUT2D eigenvalue weighted by Gasteiger charge is -2.12. The summed E-state index contributed by atoms with van der Waals surface area (Å²) in [5.74, 6) is 0.317. The number of benzene rings is 1. The predicted molar refractivity (Wildman–Crippen MR) is 89.4 cm³/mol. The third kappa shape index (κ3) is 2.46. The lowest BCUT2D eigenvalue weighted by Crippen LogP contribution is -2.07. The Labute approximate surface area is 136 Å². The zero-order valence-corrected chi connectivity index (χ0v) is 13.2. The van der Waals surface area contributed by atoms with E-state index >= 15 is 0 Å². The molecule has 0 fully saturated rings. The zero-order chi connectivity index (χ0) is 15.8. The quantitative estimate of drug-likeness (QED) is 0.807. The van der Waals surface area contributed by atoms with Crippen LogP contribution >= 0.6 is 0 Å². The second-order valence-corrected chi connectivity index (χ2v) is 6.33. The van der Waals surface area contributed by atoms with Crippen LogP contribution in [0.5, 0.6) is 0 Å². The third-order valence-electron chi connectivity index (χ3n) is 5.00.